The van der Waals surface area contributed by atoms with Gasteiger partial charge in [0, 0.05) is 6.54 Å². The van der Waals surface area contributed by atoms with Crippen molar-refractivity contribution in [3.8, 4) is 0 Å². The van der Waals surface area contributed by atoms with Crippen molar-refractivity contribution in [2.24, 2.45) is 0 Å². The number of aromatic nitrogens is 1. The number of aliphatic hydroxyl groups is 1. The van der Waals surface area contributed by atoms with Gasteiger partial charge in [-0.3, -0.25) is 0 Å². The van der Waals surface area contributed by atoms with Crippen LogP contribution < -0.4 is 4.90 Å². The summed E-state index contributed by atoms with van der Waals surface area (Å²) in [7, 11) is 0. The summed E-state index contributed by atoms with van der Waals surface area (Å²) in [5, 5.41) is 10.5. The van der Waals surface area contributed by atoms with Gasteiger partial charge >= 0.3 is 0 Å². The Morgan fingerprint density at radius 3 is 3.05 bits per heavy atom. The van der Waals surface area contributed by atoms with E-state index in [1.54, 1.807) is 11.3 Å². The Morgan fingerprint density at radius 1 is 1.47 bits per heavy atom. The van der Waals surface area contributed by atoms with E-state index in [-0.39, 0.29) is 12.6 Å². The molecule has 2 heterocycles. The quantitative estimate of drug-likeness (QED) is 0.933. The molecular formula is C15H20N2OS. The van der Waals surface area contributed by atoms with Crippen molar-refractivity contribution < 1.29 is 5.11 Å². The van der Waals surface area contributed by atoms with Crippen molar-refractivity contribution in [1.29, 1.82) is 0 Å². The second kappa shape index (κ2) is 5.10. The van der Waals surface area contributed by atoms with Crippen LogP contribution in [0.25, 0.3) is 10.2 Å². The lowest BCUT2D eigenvalue weighted by atomic mass is 10.0. The minimum atomic E-state index is 0.229. The zero-order valence-electron chi connectivity index (χ0n) is 11.5. The molecule has 1 aromatic carbocycles. The van der Waals surface area contributed by atoms with Crippen molar-refractivity contribution >= 4 is 26.7 Å². The number of hydrogen-bond acceptors (Lipinski definition) is 4. The topological polar surface area (TPSA) is 36.4 Å². The molecule has 3 rings (SSSR count). The summed E-state index contributed by atoms with van der Waals surface area (Å²) < 4.78 is 1.25. The van der Waals surface area contributed by atoms with Gasteiger partial charge in [0.05, 0.1) is 22.9 Å². The number of benzene rings is 1. The van der Waals surface area contributed by atoms with E-state index in [4.69, 9.17) is 4.98 Å². The lowest BCUT2D eigenvalue weighted by molar-refractivity contribution is 0.266. The van der Waals surface area contributed by atoms with E-state index in [2.05, 4.69) is 36.9 Å². The fourth-order valence-electron chi connectivity index (χ4n) is 2.82. The first-order valence-electron chi connectivity index (χ1n) is 6.97. The predicted molar refractivity (Wildman–Crippen MR) is 81.2 cm³/mol. The highest BCUT2D eigenvalue weighted by Gasteiger charge is 2.26. The molecule has 2 aromatic rings. The van der Waals surface area contributed by atoms with Gasteiger partial charge in [-0.2, -0.15) is 0 Å². The molecule has 0 saturated carbocycles. The van der Waals surface area contributed by atoms with E-state index >= 15 is 0 Å². The number of para-hydroxylation sites is 1. The van der Waals surface area contributed by atoms with E-state index in [9.17, 15) is 5.11 Å². The summed E-state index contributed by atoms with van der Waals surface area (Å²) in [6.45, 7) is 5.66. The number of aliphatic hydroxyl groups excluding tert-OH is 1. The smallest absolute Gasteiger partial charge is 0.186 e. The Kier molecular flexibility index (Phi) is 3.46. The standard InChI is InChI=1S/C15H20N2OS/c1-10(2)12-6-3-7-13-14(12)16-15(19-13)17-8-4-5-11(17)9-18/h3,6-7,10-11,18H,4-5,8-9H2,1-2H3. The van der Waals surface area contributed by atoms with Gasteiger partial charge in [-0.15, -0.1) is 0 Å². The Labute approximate surface area is 117 Å². The van der Waals surface area contributed by atoms with Gasteiger partial charge in [0.1, 0.15) is 0 Å². The maximum absolute atomic E-state index is 9.45. The molecule has 1 saturated heterocycles. The number of hydrogen-bond donors (Lipinski definition) is 1. The first kappa shape index (κ1) is 12.9. The monoisotopic (exact) mass is 276 g/mol. The van der Waals surface area contributed by atoms with Gasteiger partial charge in [0.15, 0.2) is 5.13 Å². The fourth-order valence-corrected chi connectivity index (χ4v) is 3.92. The molecule has 1 aliphatic rings. The highest BCUT2D eigenvalue weighted by atomic mass is 32.1. The Hall–Kier alpha value is -1.13. The lowest BCUT2D eigenvalue weighted by Gasteiger charge is -2.21. The maximum Gasteiger partial charge on any atom is 0.186 e. The van der Waals surface area contributed by atoms with Gasteiger partial charge < -0.3 is 10.0 Å². The van der Waals surface area contributed by atoms with Crippen LogP contribution in [0, 0.1) is 0 Å². The molecule has 0 aliphatic carbocycles. The van der Waals surface area contributed by atoms with E-state index in [0.717, 1.165) is 30.0 Å². The van der Waals surface area contributed by atoms with E-state index in [0.29, 0.717) is 5.92 Å². The largest absolute Gasteiger partial charge is 0.394 e. The van der Waals surface area contributed by atoms with Gasteiger partial charge in [0.2, 0.25) is 0 Å². The molecule has 0 spiro atoms. The van der Waals surface area contributed by atoms with E-state index in [1.165, 1.54) is 10.3 Å². The van der Waals surface area contributed by atoms with Crippen LogP contribution in [0.3, 0.4) is 0 Å². The van der Waals surface area contributed by atoms with Crippen LogP contribution >= 0.6 is 11.3 Å². The first-order valence-corrected chi connectivity index (χ1v) is 7.79. The van der Waals surface area contributed by atoms with Gasteiger partial charge in [-0.05, 0) is 30.4 Å². The highest BCUT2D eigenvalue weighted by Crippen LogP contribution is 2.36. The molecule has 0 bridgehead atoms. The highest BCUT2D eigenvalue weighted by molar-refractivity contribution is 7.22. The van der Waals surface area contributed by atoms with Gasteiger partial charge in [0.25, 0.3) is 0 Å². The molecule has 1 aromatic heterocycles. The molecule has 1 N–H and O–H groups in total. The van der Waals surface area contributed by atoms with Crippen molar-refractivity contribution in [2.45, 2.75) is 38.6 Å². The van der Waals surface area contributed by atoms with Gasteiger partial charge in [-0.1, -0.05) is 37.3 Å². The number of anilines is 1. The summed E-state index contributed by atoms with van der Waals surface area (Å²) in [5.41, 5.74) is 2.46. The van der Waals surface area contributed by atoms with Crippen LogP contribution in [0.2, 0.25) is 0 Å². The molecule has 3 nitrogen and oxygen atoms in total. The average molecular weight is 276 g/mol. The summed E-state index contributed by atoms with van der Waals surface area (Å²) in [6, 6.07) is 6.69. The third-order valence-corrected chi connectivity index (χ3v) is 4.95. The molecule has 0 radical (unpaired) electrons. The molecule has 1 fully saturated rings. The second-order valence-corrected chi connectivity index (χ2v) is 6.53. The van der Waals surface area contributed by atoms with Crippen LogP contribution in [0.4, 0.5) is 5.13 Å². The third-order valence-electron chi connectivity index (χ3n) is 3.89. The third kappa shape index (κ3) is 2.23. The Morgan fingerprint density at radius 2 is 2.32 bits per heavy atom. The first-order chi connectivity index (χ1) is 9.20. The number of nitrogens with zero attached hydrogens (tertiary/aromatic N) is 2. The molecule has 1 unspecified atom stereocenters. The maximum atomic E-state index is 9.45. The zero-order chi connectivity index (χ0) is 13.4. The van der Waals surface area contributed by atoms with Crippen molar-refractivity contribution in [3.05, 3.63) is 23.8 Å². The molecule has 0 amide bonds. The van der Waals surface area contributed by atoms with Gasteiger partial charge in [-0.25, -0.2) is 4.98 Å². The van der Waals surface area contributed by atoms with E-state index < -0.39 is 0 Å². The normalized spacial score (nSPS) is 19.8. The van der Waals surface area contributed by atoms with Crippen LogP contribution in [0.1, 0.15) is 38.2 Å². The van der Waals surface area contributed by atoms with E-state index in [1.807, 2.05) is 0 Å². The molecule has 1 aliphatic heterocycles. The second-order valence-electron chi connectivity index (χ2n) is 5.52. The van der Waals surface area contributed by atoms with Crippen LogP contribution in [0.15, 0.2) is 18.2 Å². The van der Waals surface area contributed by atoms with Crippen molar-refractivity contribution in [3.63, 3.8) is 0 Å². The zero-order valence-corrected chi connectivity index (χ0v) is 12.3. The lowest BCUT2D eigenvalue weighted by Crippen LogP contribution is -2.31. The Balaban J connectivity index is 2.04. The van der Waals surface area contributed by atoms with Crippen molar-refractivity contribution in [2.75, 3.05) is 18.1 Å². The molecule has 1 atom stereocenters. The number of rotatable bonds is 3. The van der Waals surface area contributed by atoms with Crippen molar-refractivity contribution in [1.82, 2.24) is 4.98 Å². The SMILES string of the molecule is CC(C)c1cccc2sc(N3CCCC3CO)nc12. The van der Waals surface area contributed by atoms with Crippen LogP contribution in [0.5, 0.6) is 0 Å². The minimum absolute atomic E-state index is 0.229. The average Bonchev–Trinajstić information content (AvgIpc) is 3.03. The summed E-state index contributed by atoms with van der Waals surface area (Å²) in [5.74, 6) is 0.492. The number of thiazole rings is 1. The molecule has 4 heteroatoms. The Bertz CT molecular complexity index is 579. The molecular weight excluding hydrogens is 256 g/mol. The number of fused-ring (bicyclic) bond motifs is 1. The summed E-state index contributed by atoms with van der Waals surface area (Å²) >= 11 is 1.75. The fraction of sp³-hybridized carbons (Fsp3) is 0.533. The minimum Gasteiger partial charge on any atom is -0.394 e. The summed E-state index contributed by atoms with van der Waals surface area (Å²) in [4.78, 5) is 7.12. The van der Waals surface area contributed by atoms with Crippen LogP contribution in [-0.2, 0) is 0 Å². The van der Waals surface area contributed by atoms with Crippen LogP contribution in [-0.4, -0.2) is 29.3 Å². The molecule has 19 heavy (non-hydrogen) atoms. The molecule has 102 valence electrons. The summed E-state index contributed by atoms with van der Waals surface area (Å²) in [6.07, 6.45) is 2.22. The predicted octanol–water partition coefficient (Wildman–Crippen LogP) is 3.38.